The number of rotatable bonds is 5. The van der Waals surface area contributed by atoms with Gasteiger partial charge in [-0.15, -0.1) is 11.8 Å². The van der Waals surface area contributed by atoms with Gasteiger partial charge in [-0.1, -0.05) is 12.1 Å². The summed E-state index contributed by atoms with van der Waals surface area (Å²) in [4.78, 5) is 22.5. The Bertz CT molecular complexity index is 684. The monoisotopic (exact) mass is 307 g/mol. The first kappa shape index (κ1) is 15.1. The normalized spacial score (nSPS) is 10.4. The van der Waals surface area contributed by atoms with Crippen LogP contribution in [0.3, 0.4) is 0 Å². The second-order valence-corrected chi connectivity index (χ2v) is 5.19. The highest BCUT2D eigenvalue weighted by atomic mass is 32.2. The molecule has 110 valence electrons. The van der Waals surface area contributed by atoms with Gasteiger partial charge >= 0.3 is 0 Å². The lowest BCUT2D eigenvalue weighted by atomic mass is 10.2. The second kappa shape index (κ2) is 6.42. The number of hydrogen-bond acceptors (Lipinski definition) is 6. The highest BCUT2D eigenvalue weighted by Gasteiger charge is 2.16. The molecule has 0 radical (unpaired) electrons. The Morgan fingerprint density at radius 3 is 2.86 bits per heavy atom. The maximum atomic E-state index is 11.5. The number of nitro groups is 1. The van der Waals surface area contributed by atoms with Crippen LogP contribution in [0.2, 0.25) is 0 Å². The molecule has 21 heavy (non-hydrogen) atoms. The van der Waals surface area contributed by atoms with Gasteiger partial charge in [0, 0.05) is 6.07 Å². The molecule has 0 aliphatic carbocycles. The predicted octanol–water partition coefficient (Wildman–Crippen LogP) is 2.39. The Hall–Kier alpha value is -2.32. The number of amides is 1. The number of carbonyl (C=O) groups is 1. The van der Waals surface area contributed by atoms with E-state index in [-0.39, 0.29) is 5.69 Å². The number of nitrogen functional groups attached to an aromatic ring is 1. The number of hydrogen-bond donors (Lipinski definition) is 2. The third-order valence-electron chi connectivity index (χ3n) is 2.78. The Morgan fingerprint density at radius 2 is 2.19 bits per heavy atom. The molecule has 0 aliphatic rings. The van der Waals surface area contributed by atoms with E-state index in [1.807, 2.05) is 5.43 Å². The van der Waals surface area contributed by atoms with E-state index in [2.05, 4.69) is 0 Å². The van der Waals surface area contributed by atoms with Crippen molar-refractivity contribution in [3.05, 3.63) is 57.5 Å². The fourth-order valence-corrected chi connectivity index (χ4v) is 2.70. The van der Waals surface area contributed by atoms with Crippen LogP contribution in [0.4, 0.5) is 5.69 Å². The number of nitrogens with two attached hydrogens (primary N) is 1. The number of nitrogens with zero attached hydrogens (tertiary/aromatic N) is 1. The lowest BCUT2D eigenvalue weighted by Crippen LogP contribution is -2.30. The molecule has 1 aromatic carbocycles. The number of para-hydroxylation sites is 1. The first-order chi connectivity index (χ1) is 10.0. The van der Waals surface area contributed by atoms with Crippen molar-refractivity contribution in [3.8, 4) is 0 Å². The molecule has 0 saturated carbocycles. The van der Waals surface area contributed by atoms with Gasteiger partial charge in [-0.2, -0.15) is 0 Å². The smallest absolute Gasteiger partial charge is 0.282 e. The van der Waals surface area contributed by atoms with Crippen molar-refractivity contribution in [1.82, 2.24) is 5.43 Å². The molecule has 3 N–H and O–H groups in total. The fourth-order valence-electron chi connectivity index (χ4n) is 1.80. The zero-order valence-electron chi connectivity index (χ0n) is 11.2. The molecule has 2 rings (SSSR count). The topological polar surface area (TPSA) is 111 Å². The van der Waals surface area contributed by atoms with Gasteiger partial charge < -0.3 is 4.42 Å². The lowest BCUT2D eigenvalue weighted by Gasteiger charge is -2.00. The number of furan rings is 1. The van der Waals surface area contributed by atoms with Crippen LogP contribution in [-0.2, 0) is 5.75 Å². The molecular formula is C13H13N3O4S. The molecular weight excluding hydrogens is 294 g/mol. The Labute approximate surface area is 124 Å². The van der Waals surface area contributed by atoms with Gasteiger partial charge in [0.1, 0.15) is 11.5 Å². The zero-order chi connectivity index (χ0) is 15.4. The third kappa shape index (κ3) is 3.41. The molecule has 0 atom stereocenters. The van der Waals surface area contributed by atoms with Gasteiger partial charge in [0.05, 0.1) is 21.1 Å². The average Bonchev–Trinajstić information content (AvgIpc) is 2.85. The summed E-state index contributed by atoms with van der Waals surface area (Å²) >= 11 is 1.27. The minimum atomic E-state index is -0.432. The molecule has 0 unspecified atom stereocenters. The number of aryl methyl sites for hydroxylation is 1. The van der Waals surface area contributed by atoms with Gasteiger partial charge in [0.25, 0.3) is 11.6 Å². The molecule has 1 amide bonds. The highest BCUT2D eigenvalue weighted by molar-refractivity contribution is 7.98. The van der Waals surface area contributed by atoms with Crippen LogP contribution in [0.25, 0.3) is 0 Å². The summed E-state index contributed by atoms with van der Waals surface area (Å²) in [6.45, 7) is 1.66. The van der Waals surface area contributed by atoms with Crippen molar-refractivity contribution in [2.24, 2.45) is 5.84 Å². The molecule has 0 saturated heterocycles. The van der Waals surface area contributed by atoms with E-state index in [4.69, 9.17) is 10.3 Å². The van der Waals surface area contributed by atoms with Crippen LogP contribution in [0.1, 0.15) is 21.9 Å². The molecule has 8 heteroatoms. The number of nitrogens with one attached hydrogen (secondary N) is 1. The van der Waals surface area contributed by atoms with E-state index in [9.17, 15) is 14.9 Å². The maximum Gasteiger partial charge on any atom is 0.282 e. The van der Waals surface area contributed by atoms with Crippen molar-refractivity contribution < 1.29 is 14.1 Å². The SMILES string of the molecule is Cc1oc(CSc2ccccc2[N+](=O)[O-])cc1C(=O)NN. The summed E-state index contributed by atoms with van der Waals surface area (Å²) in [7, 11) is 0. The minimum Gasteiger partial charge on any atom is -0.465 e. The number of carbonyl (C=O) groups excluding carboxylic acids is 1. The van der Waals surface area contributed by atoms with E-state index in [1.165, 1.54) is 17.8 Å². The molecule has 0 spiro atoms. The van der Waals surface area contributed by atoms with Crippen LogP contribution in [0, 0.1) is 17.0 Å². The molecule has 0 aliphatic heterocycles. The number of nitro benzene ring substituents is 1. The van der Waals surface area contributed by atoms with E-state index in [0.717, 1.165) is 0 Å². The first-order valence-corrected chi connectivity index (χ1v) is 6.98. The van der Waals surface area contributed by atoms with Crippen molar-refractivity contribution in [2.45, 2.75) is 17.6 Å². The van der Waals surface area contributed by atoms with Crippen molar-refractivity contribution in [1.29, 1.82) is 0 Å². The third-order valence-corrected chi connectivity index (χ3v) is 3.86. The van der Waals surface area contributed by atoms with Crippen molar-refractivity contribution >= 4 is 23.4 Å². The molecule has 1 aromatic heterocycles. The molecule has 7 nitrogen and oxygen atoms in total. The summed E-state index contributed by atoms with van der Waals surface area (Å²) in [5.41, 5.74) is 2.44. The number of benzene rings is 1. The highest BCUT2D eigenvalue weighted by Crippen LogP contribution is 2.32. The minimum absolute atomic E-state index is 0.0469. The van der Waals surface area contributed by atoms with Crippen molar-refractivity contribution in [3.63, 3.8) is 0 Å². The van der Waals surface area contributed by atoms with Gasteiger partial charge in [-0.05, 0) is 19.1 Å². The van der Waals surface area contributed by atoms with Crippen LogP contribution < -0.4 is 11.3 Å². The molecule has 1 heterocycles. The molecule has 0 fully saturated rings. The number of hydrazine groups is 1. The van der Waals surface area contributed by atoms with Crippen molar-refractivity contribution in [2.75, 3.05) is 0 Å². The van der Waals surface area contributed by atoms with Gasteiger partial charge in [-0.3, -0.25) is 20.3 Å². The molecule has 2 aromatic rings. The van der Waals surface area contributed by atoms with E-state index in [0.29, 0.717) is 27.7 Å². The van der Waals surface area contributed by atoms with Gasteiger partial charge in [0.15, 0.2) is 0 Å². The van der Waals surface area contributed by atoms with E-state index >= 15 is 0 Å². The van der Waals surface area contributed by atoms with Crippen LogP contribution in [-0.4, -0.2) is 10.8 Å². The van der Waals surface area contributed by atoms with E-state index in [1.54, 1.807) is 31.2 Å². The maximum absolute atomic E-state index is 11.5. The standard InChI is InChI=1S/C13H13N3O4S/c1-8-10(13(17)15-14)6-9(20-8)7-21-12-5-3-2-4-11(12)16(18)19/h2-6H,7,14H2,1H3,(H,15,17). The second-order valence-electron chi connectivity index (χ2n) is 4.17. The largest absolute Gasteiger partial charge is 0.465 e. The quantitative estimate of drug-likeness (QED) is 0.288. The summed E-state index contributed by atoms with van der Waals surface area (Å²) in [6.07, 6.45) is 0. The predicted molar refractivity (Wildman–Crippen MR) is 77.8 cm³/mol. The molecule has 0 bridgehead atoms. The zero-order valence-corrected chi connectivity index (χ0v) is 12.0. The van der Waals surface area contributed by atoms with Gasteiger partial charge in [-0.25, -0.2) is 5.84 Å². The Morgan fingerprint density at radius 1 is 1.48 bits per heavy atom. The van der Waals surface area contributed by atoms with E-state index < -0.39 is 10.8 Å². The lowest BCUT2D eigenvalue weighted by molar-refractivity contribution is -0.387. The Balaban J connectivity index is 2.14. The summed E-state index contributed by atoms with van der Waals surface area (Å²) in [5.74, 6) is 6.03. The van der Waals surface area contributed by atoms with Crippen LogP contribution in [0.15, 0.2) is 39.6 Å². The first-order valence-electron chi connectivity index (χ1n) is 5.99. The summed E-state index contributed by atoms with van der Waals surface area (Å²) in [6, 6.07) is 8.05. The number of thioether (sulfide) groups is 1. The summed E-state index contributed by atoms with van der Waals surface area (Å²) < 4.78 is 5.45. The fraction of sp³-hybridized carbons (Fsp3) is 0.154. The average molecular weight is 307 g/mol. The van der Waals surface area contributed by atoms with Crippen LogP contribution >= 0.6 is 11.8 Å². The summed E-state index contributed by atoms with van der Waals surface area (Å²) in [5, 5.41) is 10.9. The van der Waals surface area contributed by atoms with Gasteiger partial charge in [0.2, 0.25) is 0 Å². The van der Waals surface area contributed by atoms with Crippen LogP contribution in [0.5, 0.6) is 0 Å². The Kier molecular flexibility index (Phi) is 4.61.